The number of nitrogens with one attached hydrogen (secondary N) is 2. The van der Waals surface area contributed by atoms with E-state index in [0.717, 1.165) is 5.56 Å². The summed E-state index contributed by atoms with van der Waals surface area (Å²) >= 11 is 0. The summed E-state index contributed by atoms with van der Waals surface area (Å²) in [7, 11) is 0. The lowest BCUT2D eigenvalue weighted by Crippen LogP contribution is -2.16. The maximum atomic E-state index is 12.1. The third kappa shape index (κ3) is 2.74. The number of aryl methyl sites for hydroxylation is 1. The predicted molar refractivity (Wildman–Crippen MR) is 75.9 cm³/mol. The molecular weight excluding hydrogens is 254 g/mol. The minimum absolute atomic E-state index is 0.214. The molecule has 0 fully saturated rings. The van der Waals surface area contributed by atoms with Crippen molar-refractivity contribution in [1.29, 1.82) is 5.26 Å². The SMILES string of the molecule is Cc1cccc(NC(=O)c2cccc(NN)n2)c1C#N. The van der Waals surface area contributed by atoms with Gasteiger partial charge < -0.3 is 10.7 Å². The van der Waals surface area contributed by atoms with Crippen LogP contribution in [0.25, 0.3) is 0 Å². The standard InChI is InChI=1S/C14H13N5O/c1-9-4-2-5-11(10(9)8-15)18-14(20)12-6-3-7-13(17-12)19-16/h2-7H,16H2,1H3,(H,17,19)(H,18,20). The molecular formula is C14H13N5O. The van der Waals surface area contributed by atoms with Crippen molar-refractivity contribution in [2.45, 2.75) is 6.92 Å². The largest absolute Gasteiger partial charge is 0.319 e. The summed E-state index contributed by atoms with van der Waals surface area (Å²) in [4.78, 5) is 16.1. The first-order valence-corrected chi connectivity index (χ1v) is 5.90. The summed E-state index contributed by atoms with van der Waals surface area (Å²) in [5, 5.41) is 11.8. The number of aromatic nitrogens is 1. The number of rotatable bonds is 3. The Morgan fingerprint density at radius 1 is 1.30 bits per heavy atom. The van der Waals surface area contributed by atoms with Gasteiger partial charge in [-0.1, -0.05) is 18.2 Å². The third-order valence-electron chi connectivity index (χ3n) is 2.76. The molecule has 1 amide bonds. The number of pyridine rings is 1. The molecule has 0 aliphatic heterocycles. The van der Waals surface area contributed by atoms with E-state index in [1.54, 1.807) is 30.3 Å². The normalized spacial score (nSPS) is 9.65. The highest BCUT2D eigenvalue weighted by molar-refractivity contribution is 6.03. The number of carbonyl (C=O) groups excluding carboxylic acids is 1. The van der Waals surface area contributed by atoms with Gasteiger partial charge in [-0.3, -0.25) is 4.79 Å². The van der Waals surface area contributed by atoms with Crippen molar-refractivity contribution in [3.8, 4) is 6.07 Å². The quantitative estimate of drug-likeness (QED) is 0.581. The first kappa shape index (κ1) is 13.5. The number of hydrazine groups is 1. The van der Waals surface area contributed by atoms with Gasteiger partial charge in [0.15, 0.2) is 0 Å². The molecule has 1 heterocycles. The molecule has 0 radical (unpaired) electrons. The third-order valence-corrected chi connectivity index (χ3v) is 2.76. The van der Waals surface area contributed by atoms with E-state index in [1.807, 2.05) is 13.0 Å². The van der Waals surface area contributed by atoms with Crippen LogP contribution in [0.1, 0.15) is 21.6 Å². The van der Waals surface area contributed by atoms with Crippen LogP contribution in [0.15, 0.2) is 36.4 Å². The highest BCUT2D eigenvalue weighted by Crippen LogP contribution is 2.19. The van der Waals surface area contributed by atoms with E-state index in [0.29, 0.717) is 17.1 Å². The molecule has 0 saturated carbocycles. The Labute approximate surface area is 116 Å². The van der Waals surface area contributed by atoms with Gasteiger partial charge in [0, 0.05) is 0 Å². The summed E-state index contributed by atoms with van der Waals surface area (Å²) < 4.78 is 0. The molecule has 4 N–H and O–H groups in total. The lowest BCUT2D eigenvalue weighted by molar-refractivity contribution is 0.102. The second kappa shape index (κ2) is 5.82. The second-order valence-electron chi connectivity index (χ2n) is 4.12. The number of nitrogen functional groups attached to an aromatic ring is 1. The van der Waals surface area contributed by atoms with Crippen LogP contribution in [0.4, 0.5) is 11.5 Å². The Morgan fingerprint density at radius 3 is 2.75 bits per heavy atom. The van der Waals surface area contributed by atoms with Crippen LogP contribution >= 0.6 is 0 Å². The van der Waals surface area contributed by atoms with Crippen LogP contribution in [0.2, 0.25) is 0 Å². The van der Waals surface area contributed by atoms with Crippen molar-refractivity contribution in [2.75, 3.05) is 10.7 Å². The van der Waals surface area contributed by atoms with Crippen molar-refractivity contribution < 1.29 is 4.79 Å². The molecule has 100 valence electrons. The average molecular weight is 267 g/mol. The fourth-order valence-corrected chi connectivity index (χ4v) is 1.75. The van der Waals surface area contributed by atoms with Crippen LogP contribution in [-0.4, -0.2) is 10.9 Å². The summed E-state index contributed by atoms with van der Waals surface area (Å²) in [6, 6.07) is 12.2. The van der Waals surface area contributed by atoms with Gasteiger partial charge in [-0.25, -0.2) is 10.8 Å². The van der Waals surface area contributed by atoms with E-state index < -0.39 is 5.91 Å². The highest BCUT2D eigenvalue weighted by atomic mass is 16.1. The van der Waals surface area contributed by atoms with E-state index >= 15 is 0 Å². The maximum Gasteiger partial charge on any atom is 0.274 e. The lowest BCUT2D eigenvalue weighted by Gasteiger charge is -2.09. The van der Waals surface area contributed by atoms with E-state index in [-0.39, 0.29) is 5.69 Å². The molecule has 6 nitrogen and oxygen atoms in total. The second-order valence-corrected chi connectivity index (χ2v) is 4.12. The van der Waals surface area contributed by atoms with Crippen molar-refractivity contribution >= 4 is 17.4 Å². The monoisotopic (exact) mass is 267 g/mol. The first-order chi connectivity index (χ1) is 9.65. The molecule has 0 unspecified atom stereocenters. The van der Waals surface area contributed by atoms with Crippen molar-refractivity contribution in [1.82, 2.24) is 4.98 Å². The zero-order valence-corrected chi connectivity index (χ0v) is 10.8. The summed E-state index contributed by atoms with van der Waals surface area (Å²) in [5.74, 6) is 5.24. The van der Waals surface area contributed by atoms with Crippen LogP contribution < -0.4 is 16.6 Å². The molecule has 0 atom stereocenters. The zero-order valence-electron chi connectivity index (χ0n) is 10.8. The number of nitrogens with zero attached hydrogens (tertiary/aromatic N) is 2. The molecule has 1 aromatic heterocycles. The zero-order chi connectivity index (χ0) is 14.5. The van der Waals surface area contributed by atoms with Gasteiger partial charge in [-0.2, -0.15) is 5.26 Å². The molecule has 0 saturated heterocycles. The smallest absolute Gasteiger partial charge is 0.274 e. The molecule has 1 aromatic carbocycles. The van der Waals surface area contributed by atoms with Crippen LogP contribution in [0.3, 0.4) is 0 Å². The average Bonchev–Trinajstić information content (AvgIpc) is 2.47. The summed E-state index contributed by atoms with van der Waals surface area (Å²) in [6.45, 7) is 1.81. The number of carbonyl (C=O) groups is 1. The fourth-order valence-electron chi connectivity index (χ4n) is 1.75. The molecule has 0 aliphatic rings. The number of nitrogens with two attached hydrogens (primary N) is 1. The number of nitriles is 1. The fraction of sp³-hybridized carbons (Fsp3) is 0.0714. The van der Waals surface area contributed by atoms with Gasteiger partial charge in [-0.05, 0) is 30.7 Å². The number of hydrogen-bond donors (Lipinski definition) is 3. The maximum absolute atomic E-state index is 12.1. The number of amides is 1. The Kier molecular flexibility index (Phi) is 3.93. The van der Waals surface area contributed by atoms with E-state index in [4.69, 9.17) is 11.1 Å². The number of hydrogen-bond acceptors (Lipinski definition) is 5. The minimum atomic E-state index is -0.399. The Hall–Kier alpha value is -2.91. The molecule has 0 spiro atoms. The highest BCUT2D eigenvalue weighted by Gasteiger charge is 2.11. The Balaban J connectivity index is 2.28. The van der Waals surface area contributed by atoms with Crippen molar-refractivity contribution in [3.63, 3.8) is 0 Å². The van der Waals surface area contributed by atoms with E-state index in [2.05, 4.69) is 21.8 Å². The molecule has 0 bridgehead atoms. The Morgan fingerprint density at radius 2 is 2.05 bits per heavy atom. The number of benzene rings is 1. The predicted octanol–water partition coefficient (Wildman–Crippen LogP) is 1.80. The van der Waals surface area contributed by atoms with Gasteiger partial charge in [0.25, 0.3) is 5.91 Å². The molecule has 6 heteroatoms. The van der Waals surface area contributed by atoms with Gasteiger partial charge in [0.2, 0.25) is 0 Å². The van der Waals surface area contributed by atoms with Crippen molar-refractivity contribution in [2.24, 2.45) is 5.84 Å². The van der Waals surface area contributed by atoms with E-state index in [9.17, 15) is 4.79 Å². The minimum Gasteiger partial charge on any atom is -0.319 e. The van der Waals surface area contributed by atoms with E-state index in [1.165, 1.54) is 0 Å². The first-order valence-electron chi connectivity index (χ1n) is 5.90. The number of anilines is 2. The van der Waals surface area contributed by atoms with Gasteiger partial charge >= 0.3 is 0 Å². The van der Waals surface area contributed by atoms with Crippen LogP contribution in [0, 0.1) is 18.3 Å². The summed E-state index contributed by atoms with van der Waals surface area (Å²) in [5.41, 5.74) is 4.29. The van der Waals surface area contributed by atoms with Gasteiger partial charge in [-0.15, -0.1) is 0 Å². The van der Waals surface area contributed by atoms with Crippen molar-refractivity contribution in [3.05, 3.63) is 53.2 Å². The molecule has 2 rings (SSSR count). The van der Waals surface area contributed by atoms with Crippen LogP contribution in [-0.2, 0) is 0 Å². The van der Waals surface area contributed by atoms with Crippen LogP contribution in [0.5, 0.6) is 0 Å². The van der Waals surface area contributed by atoms with Gasteiger partial charge in [0.05, 0.1) is 11.3 Å². The molecule has 2 aromatic rings. The lowest BCUT2D eigenvalue weighted by atomic mass is 10.1. The molecule has 0 aliphatic carbocycles. The summed E-state index contributed by atoms with van der Waals surface area (Å²) in [6.07, 6.45) is 0. The van der Waals surface area contributed by atoms with Gasteiger partial charge in [0.1, 0.15) is 17.6 Å². The topological polar surface area (TPSA) is 104 Å². The molecule has 20 heavy (non-hydrogen) atoms. The Bertz CT molecular complexity index is 690.